The molecular weight excluding hydrogens is 198 g/mol. The van der Waals surface area contributed by atoms with Crippen molar-refractivity contribution in [3.05, 3.63) is 12.0 Å². The van der Waals surface area contributed by atoms with Crippen molar-refractivity contribution in [1.29, 1.82) is 0 Å². The fourth-order valence-electron chi connectivity index (χ4n) is 1.19. The molecule has 0 unspecified atom stereocenters. The number of carbonyl (C=O) groups is 1. The van der Waals surface area contributed by atoms with Crippen molar-refractivity contribution >= 4 is 5.91 Å². The van der Waals surface area contributed by atoms with Gasteiger partial charge in [0.25, 0.3) is 5.91 Å². The normalized spacial score (nSPS) is 14.9. The molecule has 86 valence electrons. The van der Waals surface area contributed by atoms with Crippen molar-refractivity contribution in [1.82, 2.24) is 5.32 Å². The predicted octanol–water partition coefficient (Wildman–Crippen LogP) is 0.153. The first kappa shape index (κ1) is 11.8. The number of rotatable bonds is 6. The van der Waals surface area contributed by atoms with E-state index in [2.05, 4.69) is 5.32 Å². The molecule has 5 nitrogen and oxygen atoms in total. The minimum absolute atomic E-state index is 0.204. The molecule has 0 radical (unpaired) electrons. The summed E-state index contributed by atoms with van der Waals surface area (Å²) in [5, 5.41) is 11.3. The second-order valence-corrected chi connectivity index (χ2v) is 3.24. The molecular formula is C10H17NO4. The third-order valence-electron chi connectivity index (χ3n) is 1.99. The molecule has 0 fully saturated rings. The number of unbranched alkanes of at least 4 members (excludes halogenated alkanes) is 2. The van der Waals surface area contributed by atoms with Crippen LogP contribution in [0.2, 0.25) is 0 Å². The molecule has 0 atom stereocenters. The maximum atomic E-state index is 11.4. The second kappa shape index (κ2) is 7.11. The Balaban J connectivity index is 2.10. The minimum atomic E-state index is -0.237. The summed E-state index contributed by atoms with van der Waals surface area (Å²) in [6, 6.07) is 0. The number of hydrogen-bond acceptors (Lipinski definition) is 4. The number of amides is 1. The van der Waals surface area contributed by atoms with E-state index in [1.807, 2.05) is 0 Å². The smallest absolute Gasteiger partial charge is 0.289 e. The Bertz CT molecular complexity index is 227. The van der Waals surface area contributed by atoms with E-state index >= 15 is 0 Å². The second-order valence-electron chi connectivity index (χ2n) is 3.24. The predicted molar refractivity (Wildman–Crippen MR) is 53.9 cm³/mol. The molecule has 15 heavy (non-hydrogen) atoms. The van der Waals surface area contributed by atoms with Crippen LogP contribution in [-0.4, -0.2) is 37.4 Å². The van der Waals surface area contributed by atoms with Gasteiger partial charge in [0, 0.05) is 13.2 Å². The lowest BCUT2D eigenvalue weighted by molar-refractivity contribution is -0.122. The highest BCUT2D eigenvalue weighted by Crippen LogP contribution is 2.03. The van der Waals surface area contributed by atoms with E-state index < -0.39 is 0 Å². The quantitative estimate of drug-likeness (QED) is 0.619. The van der Waals surface area contributed by atoms with Gasteiger partial charge in [-0.15, -0.1) is 0 Å². The van der Waals surface area contributed by atoms with E-state index in [1.54, 1.807) is 0 Å². The molecule has 1 amide bonds. The van der Waals surface area contributed by atoms with Crippen molar-refractivity contribution in [2.24, 2.45) is 0 Å². The van der Waals surface area contributed by atoms with Gasteiger partial charge in [0.1, 0.15) is 19.5 Å². The summed E-state index contributed by atoms with van der Waals surface area (Å²) in [6.07, 6.45) is 3.89. The molecule has 1 aliphatic heterocycles. The van der Waals surface area contributed by atoms with Crippen LogP contribution in [0.15, 0.2) is 12.0 Å². The lowest BCUT2D eigenvalue weighted by Crippen LogP contribution is -2.29. The highest BCUT2D eigenvalue weighted by molar-refractivity contribution is 5.91. The first-order valence-corrected chi connectivity index (χ1v) is 5.18. The van der Waals surface area contributed by atoms with Crippen LogP contribution >= 0.6 is 0 Å². The molecule has 1 aliphatic rings. The Morgan fingerprint density at radius 3 is 2.93 bits per heavy atom. The Hall–Kier alpha value is -1.23. The number of ether oxygens (including phenoxy) is 2. The summed E-state index contributed by atoms with van der Waals surface area (Å²) in [4.78, 5) is 11.4. The zero-order valence-electron chi connectivity index (χ0n) is 8.70. The SMILES string of the molecule is O=C(NCCCCCO)C1=COCCO1. The fraction of sp³-hybridized carbons (Fsp3) is 0.700. The molecule has 0 aromatic rings. The van der Waals surface area contributed by atoms with E-state index in [1.165, 1.54) is 6.26 Å². The highest BCUT2D eigenvalue weighted by Gasteiger charge is 2.13. The summed E-state index contributed by atoms with van der Waals surface area (Å²) >= 11 is 0. The average Bonchev–Trinajstić information content (AvgIpc) is 2.30. The van der Waals surface area contributed by atoms with Crippen molar-refractivity contribution in [3.63, 3.8) is 0 Å². The van der Waals surface area contributed by atoms with Crippen molar-refractivity contribution in [2.75, 3.05) is 26.4 Å². The van der Waals surface area contributed by atoms with Gasteiger partial charge >= 0.3 is 0 Å². The molecule has 2 N–H and O–H groups in total. The van der Waals surface area contributed by atoms with Gasteiger partial charge in [-0.25, -0.2) is 0 Å². The van der Waals surface area contributed by atoms with E-state index in [0.717, 1.165) is 19.3 Å². The van der Waals surface area contributed by atoms with Crippen LogP contribution in [0.5, 0.6) is 0 Å². The largest absolute Gasteiger partial charge is 0.494 e. The van der Waals surface area contributed by atoms with Crippen LogP contribution in [0.3, 0.4) is 0 Å². The fourth-order valence-corrected chi connectivity index (χ4v) is 1.19. The van der Waals surface area contributed by atoms with Crippen LogP contribution in [0.25, 0.3) is 0 Å². The highest BCUT2D eigenvalue weighted by atomic mass is 16.6. The van der Waals surface area contributed by atoms with Gasteiger partial charge < -0.3 is 19.9 Å². The van der Waals surface area contributed by atoms with Gasteiger partial charge in [-0.3, -0.25) is 4.79 Å². The first-order chi connectivity index (χ1) is 7.34. The number of aliphatic hydroxyl groups is 1. The van der Waals surface area contributed by atoms with E-state index in [4.69, 9.17) is 14.6 Å². The number of hydrogen-bond donors (Lipinski definition) is 2. The van der Waals surface area contributed by atoms with E-state index in [9.17, 15) is 4.79 Å². The third kappa shape index (κ3) is 4.69. The summed E-state index contributed by atoms with van der Waals surface area (Å²) in [7, 11) is 0. The lowest BCUT2D eigenvalue weighted by atomic mass is 10.2. The number of aliphatic hydroxyl groups excluding tert-OH is 1. The van der Waals surface area contributed by atoms with Crippen LogP contribution in [0, 0.1) is 0 Å². The lowest BCUT2D eigenvalue weighted by Gasteiger charge is -2.14. The Kier molecular flexibility index (Phi) is 5.62. The molecule has 1 heterocycles. The summed E-state index contributed by atoms with van der Waals surface area (Å²) < 4.78 is 10.1. The number of carbonyl (C=O) groups excluding carboxylic acids is 1. The molecule has 0 bridgehead atoms. The molecule has 0 saturated heterocycles. The Morgan fingerprint density at radius 2 is 2.27 bits per heavy atom. The maximum absolute atomic E-state index is 11.4. The summed E-state index contributed by atoms with van der Waals surface area (Å²) in [5.41, 5.74) is 0. The van der Waals surface area contributed by atoms with Crippen LogP contribution in [0.1, 0.15) is 19.3 Å². The van der Waals surface area contributed by atoms with Gasteiger partial charge in [0.15, 0.2) is 0 Å². The van der Waals surface area contributed by atoms with Gasteiger partial charge in [-0.2, -0.15) is 0 Å². The zero-order chi connectivity index (χ0) is 10.9. The van der Waals surface area contributed by atoms with Crippen molar-refractivity contribution in [3.8, 4) is 0 Å². The molecule has 0 spiro atoms. The van der Waals surface area contributed by atoms with Gasteiger partial charge in [-0.1, -0.05) is 0 Å². The van der Waals surface area contributed by atoms with Gasteiger partial charge in [-0.05, 0) is 19.3 Å². The summed E-state index contributed by atoms with van der Waals surface area (Å²) in [6.45, 7) is 1.71. The van der Waals surface area contributed by atoms with E-state index in [0.29, 0.717) is 19.8 Å². The monoisotopic (exact) mass is 215 g/mol. The third-order valence-corrected chi connectivity index (χ3v) is 1.99. The molecule has 0 aliphatic carbocycles. The number of nitrogens with one attached hydrogen (secondary N) is 1. The topological polar surface area (TPSA) is 67.8 Å². The Morgan fingerprint density at radius 1 is 1.40 bits per heavy atom. The maximum Gasteiger partial charge on any atom is 0.289 e. The van der Waals surface area contributed by atoms with Crippen LogP contribution in [0.4, 0.5) is 0 Å². The molecule has 0 aromatic carbocycles. The van der Waals surface area contributed by atoms with Crippen LogP contribution < -0.4 is 5.32 Å². The zero-order valence-corrected chi connectivity index (χ0v) is 8.70. The van der Waals surface area contributed by atoms with Crippen molar-refractivity contribution < 1.29 is 19.4 Å². The molecule has 0 aromatic heterocycles. The molecule has 1 rings (SSSR count). The van der Waals surface area contributed by atoms with Gasteiger partial charge in [0.05, 0.1) is 0 Å². The van der Waals surface area contributed by atoms with Gasteiger partial charge in [0.2, 0.25) is 5.76 Å². The minimum Gasteiger partial charge on any atom is -0.494 e. The molecule has 0 saturated carbocycles. The van der Waals surface area contributed by atoms with Crippen molar-refractivity contribution in [2.45, 2.75) is 19.3 Å². The Labute approximate surface area is 89.1 Å². The van der Waals surface area contributed by atoms with Crippen LogP contribution in [-0.2, 0) is 14.3 Å². The first-order valence-electron chi connectivity index (χ1n) is 5.18. The molecule has 5 heteroatoms. The summed E-state index contributed by atoms with van der Waals surface area (Å²) in [5.74, 6) is 0.00195. The van der Waals surface area contributed by atoms with E-state index in [-0.39, 0.29) is 18.3 Å². The average molecular weight is 215 g/mol. The standard InChI is InChI=1S/C10H17NO4/c12-5-3-1-2-4-11-10(13)9-8-14-6-7-15-9/h8,12H,1-7H2,(H,11,13).